The van der Waals surface area contributed by atoms with E-state index in [-0.39, 0.29) is 0 Å². The van der Waals surface area contributed by atoms with Crippen LogP contribution in [-0.4, -0.2) is 0 Å². The lowest BCUT2D eigenvalue weighted by Gasteiger charge is -2.18. The fourth-order valence-corrected chi connectivity index (χ4v) is 3.75. The third kappa shape index (κ3) is 1.21. The van der Waals surface area contributed by atoms with Gasteiger partial charge in [-0.15, -0.1) is 0 Å². The summed E-state index contributed by atoms with van der Waals surface area (Å²) in [6, 6.07) is 11.6. The lowest BCUT2D eigenvalue weighted by Crippen LogP contribution is -2.13. The normalized spacial score (nSPS) is 15.6. The van der Waals surface area contributed by atoms with Crippen LogP contribution < -0.4 is 5.22 Å². The Morgan fingerprint density at radius 3 is 2.75 bits per heavy atom. The van der Waals surface area contributed by atoms with Crippen molar-refractivity contribution >= 4 is 33.7 Å². The number of hydrogen-bond acceptors (Lipinski definition) is 0. The van der Waals surface area contributed by atoms with Crippen molar-refractivity contribution < 1.29 is 0 Å². The van der Waals surface area contributed by atoms with Crippen molar-refractivity contribution in [2.75, 3.05) is 0 Å². The Labute approximate surface area is 117 Å². The summed E-state index contributed by atoms with van der Waals surface area (Å²) < 4.78 is 0. The molecule has 0 aromatic heterocycles. The monoisotopic (exact) mass is 254 g/mol. The number of benzene rings is 3. The smallest absolute Gasteiger partial charge is 0.00237 e. The molecule has 0 N–H and O–H groups in total. The van der Waals surface area contributed by atoms with Crippen molar-refractivity contribution in [1.29, 1.82) is 0 Å². The molecule has 94 valence electrons. The summed E-state index contributed by atoms with van der Waals surface area (Å²) in [5.74, 6) is 0. The first kappa shape index (κ1) is 10.4. The lowest BCUT2D eigenvalue weighted by molar-refractivity contribution is 1.24. The van der Waals surface area contributed by atoms with E-state index < -0.39 is 0 Å². The molecular weight excluding hydrogens is 240 g/mol. The summed E-state index contributed by atoms with van der Waals surface area (Å²) >= 11 is 0. The minimum absolute atomic E-state index is 1.05. The van der Waals surface area contributed by atoms with Gasteiger partial charge in [-0.2, -0.15) is 0 Å². The fourth-order valence-electron chi connectivity index (χ4n) is 3.75. The van der Waals surface area contributed by atoms with E-state index in [2.05, 4.69) is 60.7 Å². The van der Waals surface area contributed by atoms with Gasteiger partial charge in [0.2, 0.25) is 0 Å². The van der Waals surface area contributed by atoms with Gasteiger partial charge >= 0.3 is 0 Å². The van der Waals surface area contributed by atoms with Crippen molar-refractivity contribution in [2.24, 2.45) is 0 Å². The zero-order chi connectivity index (χ0) is 13.1. The molecule has 3 aromatic carbocycles. The molecule has 0 heterocycles. The maximum absolute atomic E-state index is 2.38. The summed E-state index contributed by atoms with van der Waals surface area (Å²) in [4.78, 5) is 0. The van der Waals surface area contributed by atoms with Gasteiger partial charge in [-0.25, -0.2) is 0 Å². The predicted molar refractivity (Wildman–Crippen MR) is 86.7 cm³/mol. The van der Waals surface area contributed by atoms with Gasteiger partial charge in [0.15, 0.2) is 0 Å². The molecule has 3 aromatic rings. The second-order valence-electron chi connectivity index (χ2n) is 5.75. The summed E-state index contributed by atoms with van der Waals surface area (Å²) in [6.07, 6.45) is 13.3. The Balaban J connectivity index is 2.13. The summed E-state index contributed by atoms with van der Waals surface area (Å²) in [6.45, 7) is 0. The third-order valence-corrected chi connectivity index (χ3v) is 4.65. The molecule has 5 rings (SSSR count). The van der Waals surface area contributed by atoms with Crippen molar-refractivity contribution in [3.8, 4) is 0 Å². The van der Waals surface area contributed by atoms with Crippen LogP contribution in [0.5, 0.6) is 0 Å². The quantitative estimate of drug-likeness (QED) is 0.564. The number of hydrogen-bond donors (Lipinski definition) is 0. The maximum atomic E-state index is 2.38. The molecule has 0 saturated carbocycles. The van der Waals surface area contributed by atoms with E-state index in [9.17, 15) is 0 Å². The number of allylic oxidation sites excluding steroid dienone is 3. The van der Waals surface area contributed by atoms with Crippen molar-refractivity contribution in [2.45, 2.75) is 12.8 Å². The Hall–Kier alpha value is -2.34. The van der Waals surface area contributed by atoms with Gasteiger partial charge in [-0.1, -0.05) is 60.7 Å². The van der Waals surface area contributed by atoms with Crippen LogP contribution in [0.4, 0.5) is 0 Å². The lowest BCUT2D eigenvalue weighted by atomic mass is 9.86. The highest BCUT2D eigenvalue weighted by Gasteiger charge is 2.14. The molecule has 2 aliphatic carbocycles. The van der Waals surface area contributed by atoms with Crippen LogP contribution in [-0.2, 0) is 12.8 Å². The molecule has 0 fully saturated rings. The Bertz CT molecular complexity index is 984. The molecule has 0 spiro atoms. The molecule has 0 aliphatic heterocycles. The number of rotatable bonds is 0. The zero-order valence-electron chi connectivity index (χ0n) is 11.2. The molecule has 0 nitrogen and oxygen atoms in total. The van der Waals surface area contributed by atoms with Crippen LogP contribution in [0.1, 0.15) is 16.7 Å². The van der Waals surface area contributed by atoms with Crippen molar-refractivity contribution in [3.05, 3.63) is 70.5 Å². The highest BCUT2D eigenvalue weighted by atomic mass is 14.2. The third-order valence-electron chi connectivity index (χ3n) is 4.65. The van der Waals surface area contributed by atoms with Crippen molar-refractivity contribution in [1.82, 2.24) is 0 Å². The molecule has 0 atom stereocenters. The predicted octanol–water partition coefficient (Wildman–Crippen LogP) is 4.17. The SMILES string of the molecule is C1=CCc2cc3ccc4c5c(ccc(c2=C1)c35)C=CC4. The van der Waals surface area contributed by atoms with Gasteiger partial charge < -0.3 is 0 Å². The second-order valence-corrected chi connectivity index (χ2v) is 5.75. The van der Waals surface area contributed by atoms with E-state index in [1.165, 1.54) is 43.5 Å². The van der Waals surface area contributed by atoms with Crippen LogP contribution in [0.3, 0.4) is 0 Å². The Morgan fingerprint density at radius 1 is 0.800 bits per heavy atom. The van der Waals surface area contributed by atoms with E-state index in [1.54, 1.807) is 0 Å². The first-order chi connectivity index (χ1) is 9.92. The average molecular weight is 254 g/mol. The standard InChI is InChI=1S/C20H14/c1-2-7-17-15(4-1)12-16-9-8-13-5-3-6-14-10-11-18(17)20(16)19(13)14/h1-3,6-12H,4-5H2. The van der Waals surface area contributed by atoms with Gasteiger partial charge in [0.1, 0.15) is 0 Å². The van der Waals surface area contributed by atoms with E-state index in [0.29, 0.717) is 0 Å². The van der Waals surface area contributed by atoms with Crippen LogP contribution >= 0.6 is 0 Å². The van der Waals surface area contributed by atoms with E-state index >= 15 is 0 Å². The van der Waals surface area contributed by atoms with E-state index in [0.717, 1.165) is 12.8 Å². The first-order valence-electron chi connectivity index (χ1n) is 7.25. The molecule has 0 heteroatoms. The second kappa shape index (κ2) is 3.61. The van der Waals surface area contributed by atoms with Gasteiger partial charge in [0.25, 0.3) is 0 Å². The topological polar surface area (TPSA) is 0 Å². The van der Waals surface area contributed by atoms with Gasteiger partial charge in [0, 0.05) is 0 Å². The summed E-state index contributed by atoms with van der Waals surface area (Å²) in [5.41, 5.74) is 4.29. The largest absolute Gasteiger partial charge is 0.0801 e. The maximum Gasteiger partial charge on any atom is -0.00237 e. The highest BCUT2D eigenvalue weighted by Crippen LogP contribution is 2.34. The Kier molecular flexibility index (Phi) is 1.88. The molecule has 0 radical (unpaired) electrons. The minimum atomic E-state index is 1.05. The van der Waals surface area contributed by atoms with Crippen LogP contribution in [0.25, 0.3) is 33.7 Å². The molecule has 0 amide bonds. The average Bonchev–Trinajstić information content (AvgIpc) is 2.52. The molecule has 20 heavy (non-hydrogen) atoms. The summed E-state index contributed by atoms with van der Waals surface area (Å²) in [7, 11) is 0. The molecule has 2 aliphatic rings. The van der Waals surface area contributed by atoms with Crippen LogP contribution in [0.2, 0.25) is 0 Å². The Morgan fingerprint density at radius 2 is 1.75 bits per heavy atom. The molecule has 0 bridgehead atoms. The molecule has 0 saturated heterocycles. The molecular formula is C20H14. The minimum Gasteiger partial charge on any atom is -0.0801 e. The van der Waals surface area contributed by atoms with Gasteiger partial charge in [-0.3, -0.25) is 0 Å². The first-order valence-corrected chi connectivity index (χ1v) is 7.25. The van der Waals surface area contributed by atoms with Crippen LogP contribution in [0.15, 0.2) is 48.6 Å². The highest BCUT2D eigenvalue weighted by molar-refractivity contribution is 6.15. The molecule has 0 unspecified atom stereocenters. The summed E-state index contributed by atoms with van der Waals surface area (Å²) in [5, 5.41) is 7.14. The van der Waals surface area contributed by atoms with Gasteiger partial charge in [0.05, 0.1) is 0 Å². The van der Waals surface area contributed by atoms with E-state index in [1.807, 2.05) is 0 Å². The fraction of sp³-hybridized carbons (Fsp3) is 0.100. The zero-order valence-corrected chi connectivity index (χ0v) is 11.2. The van der Waals surface area contributed by atoms with Crippen LogP contribution in [0, 0.1) is 0 Å². The number of fused-ring (bicyclic) bond motifs is 2. The van der Waals surface area contributed by atoms with E-state index in [4.69, 9.17) is 0 Å². The van der Waals surface area contributed by atoms with Gasteiger partial charge in [-0.05, 0) is 56.3 Å². The van der Waals surface area contributed by atoms with Crippen molar-refractivity contribution in [3.63, 3.8) is 0 Å².